The summed E-state index contributed by atoms with van der Waals surface area (Å²) in [6.45, 7) is -0.610. The Kier molecular flexibility index (Phi) is 3.16. The van der Waals surface area contributed by atoms with Gasteiger partial charge in [0, 0.05) is 0 Å². The van der Waals surface area contributed by atoms with Crippen LogP contribution in [-0.4, -0.2) is 11.4 Å². The summed E-state index contributed by atoms with van der Waals surface area (Å²) >= 11 is 2.02. The van der Waals surface area contributed by atoms with Gasteiger partial charge in [-0.2, -0.15) is 8.78 Å². The summed E-state index contributed by atoms with van der Waals surface area (Å²) < 4.78 is 23.2. The molecule has 0 aliphatic carbocycles. The van der Waals surface area contributed by atoms with Crippen LogP contribution in [-0.2, 0) is 5.11 Å². The standard InChI is InChI=1S/C4H4BrF2O/c5-4(6,7)2-1-3-8/h1-2H,3H2/b2-1+. The van der Waals surface area contributed by atoms with Gasteiger partial charge < -0.3 is 0 Å². The average Bonchev–Trinajstić information content (AvgIpc) is 1.59. The zero-order chi connectivity index (χ0) is 6.62. The predicted octanol–water partition coefficient (Wildman–Crippen LogP) is 1.96. The third-order valence-corrected chi connectivity index (χ3v) is 0.667. The maximum Gasteiger partial charge on any atom is 0.320 e. The second-order valence-corrected chi connectivity index (χ2v) is 2.17. The lowest BCUT2D eigenvalue weighted by atomic mass is 10.5. The van der Waals surface area contributed by atoms with Crippen molar-refractivity contribution in [1.29, 1.82) is 0 Å². The van der Waals surface area contributed by atoms with Gasteiger partial charge in [0.25, 0.3) is 0 Å². The van der Waals surface area contributed by atoms with Crippen molar-refractivity contribution >= 4 is 15.9 Å². The molecule has 8 heavy (non-hydrogen) atoms. The molecule has 0 saturated carbocycles. The predicted molar refractivity (Wildman–Crippen MR) is 28.6 cm³/mol. The number of allylic oxidation sites excluding steroid dienone is 1. The molecular weight excluding hydrogens is 182 g/mol. The lowest BCUT2D eigenvalue weighted by molar-refractivity contribution is 0.168. The van der Waals surface area contributed by atoms with Crippen LogP contribution in [0.5, 0.6) is 0 Å². The smallest absolute Gasteiger partial charge is 0.232 e. The molecule has 0 aromatic rings. The van der Waals surface area contributed by atoms with Gasteiger partial charge in [0.15, 0.2) is 0 Å². The quantitative estimate of drug-likeness (QED) is 0.464. The van der Waals surface area contributed by atoms with E-state index in [0.717, 1.165) is 6.08 Å². The zero-order valence-electron chi connectivity index (χ0n) is 3.90. The fraction of sp³-hybridized carbons (Fsp3) is 0.500. The van der Waals surface area contributed by atoms with Crippen LogP contribution in [0.4, 0.5) is 8.78 Å². The summed E-state index contributed by atoms with van der Waals surface area (Å²) in [6.07, 6.45) is 1.37. The van der Waals surface area contributed by atoms with Crippen molar-refractivity contribution in [1.82, 2.24) is 0 Å². The van der Waals surface area contributed by atoms with E-state index in [1.54, 1.807) is 0 Å². The van der Waals surface area contributed by atoms with E-state index in [4.69, 9.17) is 0 Å². The molecule has 0 amide bonds. The molecular formula is C4H4BrF2O. The number of halogens is 3. The van der Waals surface area contributed by atoms with Crippen molar-refractivity contribution in [2.24, 2.45) is 0 Å². The van der Waals surface area contributed by atoms with Crippen LogP contribution < -0.4 is 0 Å². The third kappa shape index (κ3) is 6.04. The molecule has 47 valence electrons. The van der Waals surface area contributed by atoms with Gasteiger partial charge in [-0.25, -0.2) is 5.11 Å². The SMILES string of the molecule is [O]C/C=C/C(F)(F)Br. The van der Waals surface area contributed by atoms with Crippen LogP contribution in [0.25, 0.3) is 0 Å². The first-order valence-electron chi connectivity index (χ1n) is 1.89. The van der Waals surface area contributed by atoms with E-state index >= 15 is 0 Å². The third-order valence-electron chi connectivity index (χ3n) is 0.403. The molecule has 4 heteroatoms. The van der Waals surface area contributed by atoms with E-state index < -0.39 is 11.4 Å². The Bertz CT molecular complexity index is 86.5. The molecule has 0 unspecified atom stereocenters. The summed E-state index contributed by atoms with van der Waals surface area (Å²) in [5.74, 6) is 0. The van der Waals surface area contributed by atoms with Gasteiger partial charge in [-0.3, -0.25) is 0 Å². The maximum absolute atomic E-state index is 11.6. The summed E-state index contributed by atoms with van der Waals surface area (Å²) in [7, 11) is 0. The normalized spacial score (nSPS) is 13.0. The van der Waals surface area contributed by atoms with E-state index in [1.807, 2.05) is 15.9 Å². The van der Waals surface area contributed by atoms with Crippen LogP contribution in [0.1, 0.15) is 0 Å². The van der Waals surface area contributed by atoms with Gasteiger partial charge >= 0.3 is 4.83 Å². The number of hydrogen-bond acceptors (Lipinski definition) is 0. The summed E-state index contributed by atoms with van der Waals surface area (Å²) in [6, 6.07) is 0. The minimum Gasteiger partial charge on any atom is -0.232 e. The van der Waals surface area contributed by atoms with Crippen LogP contribution in [0.15, 0.2) is 12.2 Å². The van der Waals surface area contributed by atoms with Crippen LogP contribution >= 0.6 is 15.9 Å². The molecule has 0 bridgehead atoms. The largest absolute Gasteiger partial charge is 0.320 e. The fourth-order valence-corrected chi connectivity index (χ4v) is 0.369. The molecule has 0 aliphatic heterocycles. The average molecular weight is 186 g/mol. The van der Waals surface area contributed by atoms with Gasteiger partial charge in [0.1, 0.15) is 6.61 Å². The molecule has 0 atom stereocenters. The Morgan fingerprint density at radius 1 is 1.62 bits per heavy atom. The Balaban J connectivity index is 3.52. The van der Waals surface area contributed by atoms with Crippen molar-refractivity contribution in [3.63, 3.8) is 0 Å². The topological polar surface area (TPSA) is 19.9 Å². The second-order valence-electron chi connectivity index (χ2n) is 1.11. The molecule has 0 rings (SSSR count). The molecule has 0 aromatic heterocycles. The Morgan fingerprint density at radius 2 is 2.12 bits per heavy atom. The lowest BCUT2D eigenvalue weighted by Crippen LogP contribution is -1.97. The number of hydrogen-bond donors (Lipinski definition) is 0. The highest BCUT2D eigenvalue weighted by molar-refractivity contribution is 9.10. The molecule has 0 aromatic carbocycles. The molecule has 0 N–H and O–H groups in total. The minimum absolute atomic E-state index is 0.514. The van der Waals surface area contributed by atoms with Gasteiger partial charge in [0.2, 0.25) is 0 Å². The highest BCUT2D eigenvalue weighted by Crippen LogP contribution is 2.22. The van der Waals surface area contributed by atoms with Gasteiger partial charge in [-0.1, -0.05) is 6.08 Å². The van der Waals surface area contributed by atoms with E-state index in [1.165, 1.54) is 0 Å². The van der Waals surface area contributed by atoms with E-state index in [2.05, 4.69) is 0 Å². The highest BCUT2D eigenvalue weighted by atomic mass is 79.9. The number of alkyl halides is 3. The van der Waals surface area contributed by atoms with E-state index in [9.17, 15) is 13.9 Å². The van der Waals surface area contributed by atoms with Crippen molar-refractivity contribution in [3.05, 3.63) is 12.2 Å². The highest BCUT2D eigenvalue weighted by Gasteiger charge is 2.17. The minimum atomic E-state index is -3.02. The Labute approximate surface area is 54.1 Å². The summed E-state index contributed by atoms with van der Waals surface area (Å²) in [4.78, 5) is -3.02. The van der Waals surface area contributed by atoms with Crippen molar-refractivity contribution in [2.75, 3.05) is 6.61 Å². The molecule has 0 saturated heterocycles. The van der Waals surface area contributed by atoms with Gasteiger partial charge in [0.05, 0.1) is 0 Å². The monoisotopic (exact) mass is 185 g/mol. The van der Waals surface area contributed by atoms with Gasteiger partial charge in [-0.05, 0) is 22.0 Å². The van der Waals surface area contributed by atoms with Crippen molar-refractivity contribution in [2.45, 2.75) is 4.83 Å². The second kappa shape index (κ2) is 3.14. The lowest BCUT2D eigenvalue weighted by Gasteiger charge is -1.96. The zero-order valence-corrected chi connectivity index (χ0v) is 5.49. The van der Waals surface area contributed by atoms with Gasteiger partial charge in [-0.15, -0.1) is 0 Å². The number of rotatable bonds is 2. The first kappa shape index (κ1) is 8.04. The molecule has 0 spiro atoms. The van der Waals surface area contributed by atoms with Crippen LogP contribution in [0.3, 0.4) is 0 Å². The first-order valence-corrected chi connectivity index (χ1v) is 2.68. The van der Waals surface area contributed by atoms with Crippen molar-refractivity contribution in [3.8, 4) is 0 Å². The molecule has 1 nitrogen and oxygen atoms in total. The van der Waals surface area contributed by atoms with Crippen molar-refractivity contribution < 1.29 is 13.9 Å². The Morgan fingerprint density at radius 3 is 2.25 bits per heavy atom. The summed E-state index contributed by atoms with van der Waals surface area (Å²) in [5.41, 5.74) is 0. The van der Waals surface area contributed by atoms with E-state index in [-0.39, 0.29) is 0 Å². The van der Waals surface area contributed by atoms with E-state index in [0.29, 0.717) is 6.08 Å². The molecule has 1 radical (unpaired) electrons. The molecule has 0 aliphatic rings. The maximum atomic E-state index is 11.6. The van der Waals surface area contributed by atoms with Crippen LogP contribution in [0, 0.1) is 0 Å². The molecule has 0 heterocycles. The molecule has 0 fully saturated rings. The van der Waals surface area contributed by atoms with Crippen LogP contribution in [0.2, 0.25) is 0 Å². The Hall–Kier alpha value is 0.0400. The summed E-state index contributed by atoms with van der Waals surface area (Å²) in [5, 5.41) is 9.54. The first-order chi connectivity index (χ1) is 3.56. The fourth-order valence-electron chi connectivity index (χ4n) is 0.182.